The van der Waals surface area contributed by atoms with Crippen LogP contribution in [0.3, 0.4) is 0 Å². The van der Waals surface area contributed by atoms with Crippen LogP contribution in [-0.2, 0) is 0 Å². The van der Waals surface area contributed by atoms with Gasteiger partial charge in [-0.3, -0.25) is 0 Å². The van der Waals surface area contributed by atoms with Gasteiger partial charge in [0.25, 0.3) is 0 Å². The maximum atomic E-state index is 9.08. The van der Waals surface area contributed by atoms with Crippen molar-refractivity contribution >= 4 is 74.6 Å². The molecule has 0 N–H and O–H groups in total. The first-order valence-corrected chi connectivity index (χ1v) is 14.6. The Kier molecular flexibility index (Phi) is 4.09. The summed E-state index contributed by atoms with van der Waals surface area (Å²) in [7, 11) is 0. The Morgan fingerprint density at radius 3 is 1.83 bits per heavy atom. The molecule has 190 valence electrons. The highest BCUT2D eigenvalue weighted by molar-refractivity contribution is 7.26. The number of benzene rings is 8. The molecule has 0 aliphatic carbocycles. The topological polar surface area (TPSA) is 0 Å². The molecule has 0 unspecified atom stereocenters. The van der Waals surface area contributed by atoms with Crippen LogP contribution in [0.4, 0.5) is 0 Å². The lowest BCUT2D eigenvalue weighted by atomic mass is 9.95. The number of hydrogen-bond donors (Lipinski definition) is 0. The average Bonchev–Trinajstić information content (AvgIpc) is 3.45. The SMILES string of the molecule is [2H]c1c([2H])c(-c2ccc3sc4c5ccccc5ccc4c3c2)c([2H])c([2H])c1-c1ccc2cc3ccc4ccccc4c3cc2c1. The molecular formula is C40H24S. The number of thiophene rings is 1. The van der Waals surface area contributed by atoms with Gasteiger partial charge in [0, 0.05) is 20.2 Å². The molecule has 0 spiro atoms. The second-order valence-corrected chi connectivity index (χ2v) is 11.7. The summed E-state index contributed by atoms with van der Waals surface area (Å²) in [4.78, 5) is 0. The molecule has 0 fully saturated rings. The smallest absolute Gasteiger partial charge is 0.0629 e. The van der Waals surface area contributed by atoms with Crippen LogP contribution in [-0.4, -0.2) is 0 Å². The molecule has 0 amide bonds. The summed E-state index contributed by atoms with van der Waals surface area (Å²) in [6.45, 7) is 0. The standard InChI is InChI=1S/C40H24S/c1-3-7-34-27(5-1)13-16-32-21-30-15-14-29(22-33(30)24-37(32)34)25-9-11-26(12-10-25)31-18-20-39-38(23-31)36-19-17-28-6-2-4-8-35(28)40(36)41-39/h1-24H/i9D,10D,11D,12D. The molecule has 0 radical (unpaired) electrons. The molecule has 1 heterocycles. The van der Waals surface area contributed by atoms with Crippen molar-refractivity contribution < 1.29 is 5.48 Å². The zero-order chi connectivity index (χ0) is 30.4. The summed E-state index contributed by atoms with van der Waals surface area (Å²) in [5.74, 6) is 0. The van der Waals surface area contributed by atoms with Crippen LogP contribution in [0, 0.1) is 0 Å². The lowest BCUT2D eigenvalue weighted by Gasteiger charge is -2.09. The molecule has 41 heavy (non-hydrogen) atoms. The van der Waals surface area contributed by atoms with Crippen molar-refractivity contribution in [3.8, 4) is 22.3 Å². The van der Waals surface area contributed by atoms with E-state index in [1.54, 1.807) is 11.3 Å². The third kappa shape index (κ3) is 3.60. The van der Waals surface area contributed by atoms with Gasteiger partial charge >= 0.3 is 0 Å². The molecule has 1 aromatic heterocycles. The molecule has 0 aliphatic rings. The van der Waals surface area contributed by atoms with Gasteiger partial charge in [0.05, 0.1) is 5.48 Å². The Morgan fingerprint density at radius 2 is 1.00 bits per heavy atom. The highest BCUT2D eigenvalue weighted by Crippen LogP contribution is 2.40. The van der Waals surface area contributed by atoms with E-state index >= 15 is 0 Å². The van der Waals surface area contributed by atoms with Gasteiger partial charge in [0.15, 0.2) is 0 Å². The maximum absolute atomic E-state index is 9.08. The molecule has 0 aliphatic heterocycles. The molecular weight excluding hydrogens is 513 g/mol. The van der Waals surface area contributed by atoms with Crippen LogP contribution in [0.2, 0.25) is 0 Å². The van der Waals surface area contributed by atoms with Crippen LogP contribution < -0.4 is 0 Å². The van der Waals surface area contributed by atoms with Crippen molar-refractivity contribution in [3.63, 3.8) is 0 Å². The molecule has 0 saturated carbocycles. The van der Waals surface area contributed by atoms with Crippen molar-refractivity contribution in [3.05, 3.63) is 145 Å². The monoisotopic (exact) mass is 540 g/mol. The fourth-order valence-electron chi connectivity index (χ4n) is 6.17. The summed E-state index contributed by atoms with van der Waals surface area (Å²) in [5, 5.41) is 11.3. The molecule has 0 bridgehead atoms. The van der Waals surface area contributed by atoms with Crippen molar-refractivity contribution in [2.45, 2.75) is 0 Å². The summed E-state index contributed by atoms with van der Waals surface area (Å²) in [6, 6.07) is 41.4. The van der Waals surface area contributed by atoms with Gasteiger partial charge < -0.3 is 0 Å². The third-order valence-corrected chi connectivity index (χ3v) is 9.49. The second kappa shape index (κ2) is 8.76. The molecule has 9 aromatic rings. The fraction of sp³-hybridized carbons (Fsp3) is 0. The summed E-state index contributed by atoms with van der Waals surface area (Å²) in [6.07, 6.45) is 0. The summed E-state index contributed by atoms with van der Waals surface area (Å²) in [5.41, 5.74) is 2.02. The Hall–Kier alpha value is -4.98. The minimum atomic E-state index is -0.0298. The highest BCUT2D eigenvalue weighted by Gasteiger charge is 2.10. The number of rotatable bonds is 2. The van der Waals surface area contributed by atoms with Crippen LogP contribution in [0.5, 0.6) is 0 Å². The first kappa shape index (κ1) is 19.2. The fourth-order valence-corrected chi connectivity index (χ4v) is 7.39. The normalized spacial score (nSPS) is 13.3. The maximum Gasteiger partial charge on any atom is 0.0629 e. The molecule has 0 nitrogen and oxygen atoms in total. The Labute approximate surface area is 247 Å². The summed E-state index contributed by atoms with van der Waals surface area (Å²) < 4.78 is 38.6. The Morgan fingerprint density at radius 1 is 0.366 bits per heavy atom. The van der Waals surface area contributed by atoms with E-state index in [1.807, 2.05) is 48.5 Å². The predicted molar refractivity (Wildman–Crippen MR) is 180 cm³/mol. The van der Waals surface area contributed by atoms with Crippen LogP contribution in [0.1, 0.15) is 5.48 Å². The summed E-state index contributed by atoms with van der Waals surface area (Å²) >= 11 is 1.74. The van der Waals surface area contributed by atoms with Crippen molar-refractivity contribution in [2.75, 3.05) is 0 Å². The lowest BCUT2D eigenvalue weighted by molar-refractivity contribution is 1.62. The van der Waals surface area contributed by atoms with E-state index in [9.17, 15) is 0 Å². The van der Waals surface area contributed by atoms with Gasteiger partial charge in [-0.25, -0.2) is 0 Å². The first-order chi connectivity index (χ1) is 22.0. The quantitative estimate of drug-likeness (QED) is 0.151. The van der Waals surface area contributed by atoms with E-state index in [-0.39, 0.29) is 24.2 Å². The van der Waals surface area contributed by atoms with Crippen molar-refractivity contribution in [1.82, 2.24) is 0 Å². The molecule has 8 aromatic carbocycles. The van der Waals surface area contributed by atoms with Crippen LogP contribution >= 0.6 is 11.3 Å². The van der Waals surface area contributed by atoms with Crippen LogP contribution in [0.15, 0.2) is 145 Å². The second-order valence-electron chi connectivity index (χ2n) is 10.6. The zero-order valence-electron chi connectivity index (χ0n) is 26.0. The highest BCUT2D eigenvalue weighted by atomic mass is 32.1. The van der Waals surface area contributed by atoms with Gasteiger partial charge in [0.2, 0.25) is 0 Å². The third-order valence-electron chi connectivity index (χ3n) is 8.27. The minimum absolute atomic E-state index is 0.0278. The van der Waals surface area contributed by atoms with E-state index in [2.05, 4.69) is 72.8 Å². The van der Waals surface area contributed by atoms with E-state index in [0.717, 1.165) is 37.0 Å². The first-order valence-electron chi connectivity index (χ1n) is 15.8. The van der Waals surface area contributed by atoms with E-state index in [0.29, 0.717) is 22.3 Å². The van der Waals surface area contributed by atoms with Gasteiger partial charge in [-0.2, -0.15) is 0 Å². The molecule has 1 heteroatoms. The predicted octanol–water partition coefficient (Wildman–Crippen LogP) is 12.0. The molecule has 0 atom stereocenters. The Bertz CT molecular complexity index is 2680. The van der Waals surface area contributed by atoms with Gasteiger partial charge in [-0.15, -0.1) is 11.3 Å². The molecule has 9 rings (SSSR count). The molecule has 0 saturated heterocycles. The number of fused-ring (bicyclic) bond motifs is 9. The zero-order valence-corrected chi connectivity index (χ0v) is 22.8. The van der Waals surface area contributed by atoms with Crippen molar-refractivity contribution in [1.29, 1.82) is 0 Å². The Balaban J connectivity index is 1.21. The average molecular weight is 541 g/mol. The van der Waals surface area contributed by atoms with Crippen molar-refractivity contribution in [2.24, 2.45) is 0 Å². The minimum Gasteiger partial charge on any atom is -0.135 e. The van der Waals surface area contributed by atoms with E-state index in [1.165, 1.54) is 26.2 Å². The van der Waals surface area contributed by atoms with E-state index in [4.69, 9.17) is 5.48 Å². The van der Waals surface area contributed by atoms with E-state index < -0.39 is 0 Å². The largest absolute Gasteiger partial charge is 0.135 e. The number of hydrogen-bond acceptors (Lipinski definition) is 1. The lowest BCUT2D eigenvalue weighted by Crippen LogP contribution is -1.83. The van der Waals surface area contributed by atoms with Crippen LogP contribution in [0.25, 0.3) is 85.5 Å². The van der Waals surface area contributed by atoms with Gasteiger partial charge in [0.1, 0.15) is 0 Å². The van der Waals surface area contributed by atoms with Gasteiger partial charge in [-0.1, -0.05) is 115 Å². The van der Waals surface area contributed by atoms with Gasteiger partial charge in [-0.05, 0) is 95.7 Å².